The number of carboxylic acid groups (broad SMARTS) is 1. The molecule has 1 aromatic heterocycles. The largest absolute Gasteiger partial charge is 0.480 e. The van der Waals surface area contributed by atoms with Crippen LogP contribution < -0.4 is 5.32 Å². The summed E-state index contributed by atoms with van der Waals surface area (Å²) in [7, 11) is 0. The quantitative estimate of drug-likeness (QED) is 0.725. The maximum atomic E-state index is 11.0. The standard InChI is InChI=1S/C12H11ClN2O2/c13-8-3-1-2-6-7-4-9(12(16)17)14-5-10(7)15-11(6)8/h1-3,9,14-15H,4-5H2,(H,16,17). The Labute approximate surface area is 103 Å². The summed E-state index contributed by atoms with van der Waals surface area (Å²) < 4.78 is 0. The smallest absolute Gasteiger partial charge is 0.321 e. The highest BCUT2D eigenvalue weighted by Crippen LogP contribution is 2.30. The molecule has 0 spiro atoms. The van der Waals surface area contributed by atoms with Crippen LogP contribution in [0.4, 0.5) is 0 Å². The molecule has 0 bridgehead atoms. The SMILES string of the molecule is O=C(O)C1Cc2c([nH]c3c(Cl)cccc23)CN1. The van der Waals surface area contributed by atoms with Crippen molar-refractivity contribution in [2.75, 3.05) is 0 Å². The lowest BCUT2D eigenvalue weighted by molar-refractivity contribution is -0.139. The Morgan fingerprint density at radius 2 is 2.29 bits per heavy atom. The van der Waals surface area contributed by atoms with E-state index in [0.717, 1.165) is 22.2 Å². The number of nitrogens with one attached hydrogen (secondary N) is 2. The molecule has 3 N–H and O–H groups in total. The molecule has 1 aliphatic heterocycles. The van der Waals surface area contributed by atoms with E-state index in [-0.39, 0.29) is 0 Å². The fraction of sp³-hybridized carbons (Fsp3) is 0.250. The van der Waals surface area contributed by atoms with Crippen molar-refractivity contribution in [3.05, 3.63) is 34.5 Å². The molecule has 1 aromatic carbocycles. The number of fused-ring (bicyclic) bond motifs is 3. The summed E-state index contributed by atoms with van der Waals surface area (Å²) in [6, 6.07) is 5.17. The van der Waals surface area contributed by atoms with Gasteiger partial charge < -0.3 is 10.1 Å². The molecular formula is C12H11ClN2O2. The van der Waals surface area contributed by atoms with Gasteiger partial charge in [-0.05, 0) is 11.6 Å². The predicted octanol–water partition coefficient (Wildman–Crippen LogP) is 1.92. The molecule has 2 heterocycles. The van der Waals surface area contributed by atoms with Crippen LogP contribution >= 0.6 is 11.6 Å². The fourth-order valence-electron chi connectivity index (χ4n) is 2.35. The number of rotatable bonds is 1. The van der Waals surface area contributed by atoms with Crippen LogP contribution in [0.15, 0.2) is 18.2 Å². The third kappa shape index (κ3) is 1.61. The lowest BCUT2D eigenvalue weighted by Gasteiger charge is -2.20. The number of hydrogen-bond donors (Lipinski definition) is 3. The summed E-state index contributed by atoms with van der Waals surface area (Å²) in [5, 5.41) is 13.7. The van der Waals surface area contributed by atoms with E-state index in [9.17, 15) is 4.79 Å². The first-order valence-corrected chi connectivity index (χ1v) is 5.78. The highest BCUT2D eigenvalue weighted by Gasteiger charge is 2.26. The molecular weight excluding hydrogens is 240 g/mol. The number of aromatic amines is 1. The Morgan fingerprint density at radius 1 is 1.47 bits per heavy atom. The minimum atomic E-state index is -0.813. The lowest BCUT2D eigenvalue weighted by Crippen LogP contribution is -2.41. The summed E-state index contributed by atoms with van der Waals surface area (Å²) in [5.41, 5.74) is 2.99. The number of para-hydroxylation sites is 1. The van der Waals surface area contributed by atoms with Gasteiger partial charge in [-0.2, -0.15) is 0 Å². The molecule has 88 valence electrons. The molecule has 5 heteroatoms. The molecule has 0 amide bonds. The number of aromatic nitrogens is 1. The van der Waals surface area contributed by atoms with E-state index in [4.69, 9.17) is 16.7 Å². The second-order valence-corrected chi connectivity index (χ2v) is 4.63. The number of halogens is 1. The van der Waals surface area contributed by atoms with Crippen LogP contribution in [-0.2, 0) is 17.8 Å². The van der Waals surface area contributed by atoms with Crippen LogP contribution in [0.1, 0.15) is 11.3 Å². The van der Waals surface area contributed by atoms with Crippen molar-refractivity contribution < 1.29 is 9.90 Å². The van der Waals surface area contributed by atoms with Crippen molar-refractivity contribution in [3.63, 3.8) is 0 Å². The van der Waals surface area contributed by atoms with Gasteiger partial charge in [0, 0.05) is 24.0 Å². The summed E-state index contributed by atoms with van der Waals surface area (Å²) in [5.74, 6) is -0.813. The average molecular weight is 251 g/mol. The minimum absolute atomic E-state index is 0.491. The van der Waals surface area contributed by atoms with E-state index in [1.807, 2.05) is 18.2 Å². The number of benzene rings is 1. The first-order valence-electron chi connectivity index (χ1n) is 5.41. The van der Waals surface area contributed by atoms with Crippen molar-refractivity contribution in [1.82, 2.24) is 10.3 Å². The summed E-state index contributed by atoms with van der Waals surface area (Å²) in [6.07, 6.45) is 0.491. The number of hydrogen-bond acceptors (Lipinski definition) is 2. The molecule has 0 radical (unpaired) electrons. The molecule has 17 heavy (non-hydrogen) atoms. The number of H-pyrrole nitrogens is 1. The Kier molecular flexibility index (Phi) is 2.34. The van der Waals surface area contributed by atoms with Gasteiger partial charge in [0.1, 0.15) is 6.04 Å². The van der Waals surface area contributed by atoms with Gasteiger partial charge in [-0.1, -0.05) is 23.7 Å². The van der Waals surface area contributed by atoms with Gasteiger partial charge in [-0.3, -0.25) is 10.1 Å². The first kappa shape index (κ1) is 10.6. The summed E-state index contributed by atoms with van der Waals surface area (Å²) in [4.78, 5) is 14.2. The van der Waals surface area contributed by atoms with Gasteiger partial charge in [0.25, 0.3) is 0 Å². The number of carboxylic acids is 1. The Bertz CT molecular complexity index is 606. The summed E-state index contributed by atoms with van der Waals surface area (Å²) in [6.45, 7) is 0.539. The Morgan fingerprint density at radius 3 is 3.06 bits per heavy atom. The molecule has 1 unspecified atom stereocenters. The molecule has 3 rings (SSSR count). The van der Waals surface area contributed by atoms with Gasteiger partial charge in [0.15, 0.2) is 0 Å². The highest BCUT2D eigenvalue weighted by molar-refractivity contribution is 6.35. The maximum Gasteiger partial charge on any atom is 0.321 e. The lowest BCUT2D eigenvalue weighted by atomic mass is 9.99. The number of carbonyl (C=O) groups is 1. The molecule has 1 atom stereocenters. The minimum Gasteiger partial charge on any atom is -0.480 e. The topological polar surface area (TPSA) is 65.1 Å². The molecule has 2 aromatic rings. The van der Waals surface area contributed by atoms with E-state index in [1.54, 1.807) is 0 Å². The average Bonchev–Trinajstić information content (AvgIpc) is 2.68. The van der Waals surface area contributed by atoms with Gasteiger partial charge in [-0.15, -0.1) is 0 Å². The zero-order valence-electron chi connectivity index (χ0n) is 8.96. The molecule has 4 nitrogen and oxygen atoms in total. The Balaban J connectivity index is 2.15. The van der Waals surface area contributed by atoms with Crippen LogP contribution in [-0.4, -0.2) is 22.1 Å². The highest BCUT2D eigenvalue weighted by atomic mass is 35.5. The van der Waals surface area contributed by atoms with Crippen molar-refractivity contribution in [2.45, 2.75) is 19.0 Å². The second kappa shape index (κ2) is 3.75. The van der Waals surface area contributed by atoms with E-state index >= 15 is 0 Å². The van der Waals surface area contributed by atoms with Crippen LogP contribution in [0, 0.1) is 0 Å². The van der Waals surface area contributed by atoms with E-state index < -0.39 is 12.0 Å². The zero-order valence-corrected chi connectivity index (χ0v) is 9.71. The molecule has 0 saturated heterocycles. The van der Waals surface area contributed by atoms with E-state index in [2.05, 4.69) is 10.3 Å². The van der Waals surface area contributed by atoms with E-state index in [0.29, 0.717) is 18.0 Å². The van der Waals surface area contributed by atoms with Gasteiger partial charge in [-0.25, -0.2) is 0 Å². The van der Waals surface area contributed by atoms with Gasteiger partial charge in [0.05, 0.1) is 10.5 Å². The number of aliphatic carboxylic acids is 1. The monoisotopic (exact) mass is 250 g/mol. The van der Waals surface area contributed by atoms with Crippen LogP contribution in [0.25, 0.3) is 10.9 Å². The fourth-order valence-corrected chi connectivity index (χ4v) is 2.57. The Hall–Kier alpha value is -1.52. The van der Waals surface area contributed by atoms with Crippen molar-refractivity contribution >= 4 is 28.5 Å². The van der Waals surface area contributed by atoms with Crippen LogP contribution in [0.2, 0.25) is 5.02 Å². The molecule has 0 aliphatic carbocycles. The van der Waals surface area contributed by atoms with Crippen molar-refractivity contribution in [1.29, 1.82) is 0 Å². The maximum absolute atomic E-state index is 11.0. The first-order chi connectivity index (χ1) is 8.16. The summed E-state index contributed by atoms with van der Waals surface area (Å²) >= 11 is 6.11. The van der Waals surface area contributed by atoms with E-state index in [1.165, 1.54) is 0 Å². The molecule has 0 saturated carbocycles. The molecule has 0 fully saturated rings. The predicted molar refractivity (Wildman–Crippen MR) is 65.3 cm³/mol. The second-order valence-electron chi connectivity index (χ2n) is 4.22. The van der Waals surface area contributed by atoms with Crippen LogP contribution in [0.3, 0.4) is 0 Å². The van der Waals surface area contributed by atoms with Crippen molar-refractivity contribution in [2.24, 2.45) is 0 Å². The zero-order chi connectivity index (χ0) is 12.0. The van der Waals surface area contributed by atoms with Crippen LogP contribution in [0.5, 0.6) is 0 Å². The van der Waals surface area contributed by atoms with Gasteiger partial charge in [0.2, 0.25) is 0 Å². The third-order valence-corrected chi connectivity index (χ3v) is 3.53. The third-order valence-electron chi connectivity index (χ3n) is 3.21. The normalized spacial score (nSPS) is 19.2. The van der Waals surface area contributed by atoms with Gasteiger partial charge >= 0.3 is 5.97 Å². The van der Waals surface area contributed by atoms with Crippen molar-refractivity contribution in [3.8, 4) is 0 Å². The molecule has 1 aliphatic rings.